The second-order valence-electron chi connectivity index (χ2n) is 7.04. The Balaban J connectivity index is 1.36. The van der Waals surface area contributed by atoms with Gasteiger partial charge >= 0.3 is 0 Å². The summed E-state index contributed by atoms with van der Waals surface area (Å²) >= 11 is 3.46. The largest absolute Gasteiger partial charge is 0.486 e. The van der Waals surface area contributed by atoms with Crippen molar-refractivity contribution in [3.63, 3.8) is 0 Å². The topological polar surface area (TPSA) is 67.9 Å². The molecule has 8 heteroatoms. The smallest absolute Gasteiger partial charge is 0.253 e. The molecule has 152 valence electrons. The molecule has 0 radical (unpaired) electrons. The molecule has 2 amide bonds. The molecule has 1 fully saturated rings. The molecule has 29 heavy (non-hydrogen) atoms. The first-order valence-electron chi connectivity index (χ1n) is 9.46. The molecule has 6 nitrogen and oxygen atoms in total. The Bertz CT molecular complexity index is 927. The molecule has 2 aromatic carbocycles. The third-order valence-corrected chi connectivity index (χ3v) is 5.79. The molecule has 2 aromatic rings. The summed E-state index contributed by atoms with van der Waals surface area (Å²) in [6.07, 6.45) is 1.14. The lowest BCUT2D eigenvalue weighted by Crippen LogP contribution is -2.41. The Morgan fingerprint density at radius 3 is 2.31 bits per heavy atom. The van der Waals surface area contributed by atoms with Crippen LogP contribution in [0, 0.1) is 11.7 Å². The molecular weight excluding hydrogens is 443 g/mol. The molecule has 0 unspecified atom stereocenters. The van der Waals surface area contributed by atoms with E-state index >= 15 is 0 Å². The van der Waals surface area contributed by atoms with E-state index in [0.717, 1.165) is 4.47 Å². The highest BCUT2D eigenvalue weighted by Gasteiger charge is 2.28. The Hall–Kier alpha value is -2.61. The van der Waals surface area contributed by atoms with Crippen LogP contribution < -0.4 is 14.8 Å². The van der Waals surface area contributed by atoms with Gasteiger partial charge in [0.1, 0.15) is 19.0 Å². The van der Waals surface area contributed by atoms with E-state index in [1.165, 1.54) is 24.3 Å². The number of carbonyl (C=O) groups excluding carboxylic acids is 2. The number of hydrogen-bond donors (Lipinski definition) is 1. The van der Waals surface area contributed by atoms with Gasteiger partial charge in [0.05, 0.1) is 5.69 Å². The third kappa shape index (κ3) is 4.37. The lowest BCUT2D eigenvalue weighted by atomic mass is 9.95. The van der Waals surface area contributed by atoms with Crippen molar-refractivity contribution in [3.05, 3.63) is 52.3 Å². The first kappa shape index (κ1) is 19.7. The Labute approximate surface area is 176 Å². The van der Waals surface area contributed by atoms with Crippen molar-refractivity contribution in [3.8, 4) is 11.5 Å². The van der Waals surface area contributed by atoms with Gasteiger partial charge < -0.3 is 19.7 Å². The zero-order chi connectivity index (χ0) is 20.4. The van der Waals surface area contributed by atoms with Crippen LogP contribution in [-0.4, -0.2) is 43.0 Å². The van der Waals surface area contributed by atoms with Gasteiger partial charge in [0.25, 0.3) is 5.91 Å². The number of anilines is 1. The van der Waals surface area contributed by atoms with E-state index in [1.807, 2.05) is 0 Å². The van der Waals surface area contributed by atoms with Gasteiger partial charge in [-0.2, -0.15) is 0 Å². The maximum absolute atomic E-state index is 13.0. The number of rotatable bonds is 3. The first-order valence-corrected chi connectivity index (χ1v) is 10.3. The molecule has 0 aromatic heterocycles. The minimum atomic E-state index is -0.373. The Morgan fingerprint density at radius 2 is 1.66 bits per heavy atom. The SMILES string of the molecule is O=C(Nc1cc2c(cc1Br)OCCO2)C1CCN(C(=O)c2ccc(F)cc2)CC1. The normalized spacial score (nSPS) is 16.4. The maximum Gasteiger partial charge on any atom is 0.253 e. The van der Waals surface area contributed by atoms with Crippen LogP contribution in [0.2, 0.25) is 0 Å². The molecule has 2 heterocycles. The zero-order valence-electron chi connectivity index (χ0n) is 15.6. The molecule has 2 aliphatic heterocycles. The third-order valence-electron chi connectivity index (χ3n) is 5.13. The molecule has 0 spiro atoms. The van der Waals surface area contributed by atoms with Crippen LogP contribution in [-0.2, 0) is 4.79 Å². The summed E-state index contributed by atoms with van der Waals surface area (Å²) in [5.41, 5.74) is 1.08. The quantitative estimate of drug-likeness (QED) is 0.751. The van der Waals surface area contributed by atoms with Crippen LogP contribution in [0.5, 0.6) is 11.5 Å². The highest BCUT2D eigenvalue weighted by Crippen LogP contribution is 2.38. The van der Waals surface area contributed by atoms with E-state index in [0.29, 0.717) is 61.9 Å². The van der Waals surface area contributed by atoms with Gasteiger partial charge in [0.15, 0.2) is 11.5 Å². The fraction of sp³-hybridized carbons (Fsp3) is 0.333. The van der Waals surface area contributed by atoms with Crippen LogP contribution in [0.1, 0.15) is 23.2 Å². The number of ether oxygens (including phenoxy) is 2. The van der Waals surface area contributed by atoms with Crippen LogP contribution in [0.4, 0.5) is 10.1 Å². The van der Waals surface area contributed by atoms with E-state index in [1.54, 1.807) is 17.0 Å². The fourth-order valence-electron chi connectivity index (χ4n) is 3.51. The summed E-state index contributed by atoms with van der Waals surface area (Å²) in [4.78, 5) is 27.0. The number of hydrogen-bond acceptors (Lipinski definition) is 4. The second-order valence-corrected chi connectivity index (χ2v) is 7.89. The lowest BCUT2D eigenvalue weighted by molar-refractivity contribution is -0.121. The van der Waals surface area contributed by atoms with Crippen LogP contribution in [0.15, 0.2) is 40.9 Å². The maximum atomic E-state index is 13.0. The molecule has 0 bridgehead atoms. The van der Waals surface area contributed by atoms with Crippen molar-refractivity contribution >= 4 is 33.4 Å². The second kappa shape index (κ2) is 8.41. The number of benzene rings is 2. The Morgan fingerprint density at radius 1 is 1.03 bits per heavy atom. The predicted octanol–water partition coefficient (Wildman–Crippen LogP) is 3.85. The minimum absolute atomic E-state index is 0.0868. The molecule has 4 rings (SSSR count). The summed E-state index contributed by atoms with van der Waals surface area (Å²) in [6, 6.07) is 9.06. The standard InChI is InChI=1S/C21H20BrFN2O4/c22-16-11-18-19(29-10-9-28-18)12-17(16)24-20(26)13-5-7-25(8-6-13)21(27)14-1-3-15(23)4-2-14/h1-4,11-13H,5-10H2,(H,24,26). The van der Waals surface area contributed by atoms with Crippen molar-refractivity contribution in [1.29, 1.82) is 0 Å². The summed E-state index contributed by atoms with van der Waals surface area (Å²) in [5.74, 6) is 0.465. The summed E-state index contributed by atoms with van der Waals surface area (Å²) in [7, 11) is 0. The average molecular weight is 463 g/mol. The van der Waals surface area contributed by atoms with Crippen molar-refractivity contribution in [1.82, 2.24) is 4.90 Å². The predicted molar refractivity (Wildman–Crippen MR) is 109 cm³/mol. The van der Waals surface area contributed by atoms with Crippen molar-refractivity contribution < 1.29 is 23.5 Å². The average Bonchev–Trinajstić information content (AvgIpc) is 2.74. The highest BCUT2D eigenvalue weighted by molar-refractivity contribution is 9.10. The van der Waals surface area contributed by atoms with Gasteiger partial charge in [-0.15, -0.1) is 0 Å². The molecule has 2 aliphatic rings. The number of fused-ring (bicyclic) bond motifs is 1. The number of likely N-dealkylation sites (tertiary alicyclic amines) is 1. The van der Waals surface area contributed by atoms with Crippen LogP contribution in [0.25, 0.3) is 0 Å². The van der Waals surface area contributed by atoms with Crippen molar-refractivity contribution in [2.75, 3.05) is 31.6 Å². The van der Waals surface area contributed by atoms with Gasteiger partial charge in [0, 0.05) is 41.2 Å². The first-order chi connectivity index (χ1) is 14.0. The Kier molecular flexibility index (Phi) is 5.71. The minimum Gasteiger partial charge on any atom is -0.486 e. The number of nitrogens with zero attached hydrogens (tertiary/aromatic N) is 1. The zero-order valence-corrected chi connectivity index (χ0v) is 17.2. The van der Waals surface area contributed by atoms with Gasteiger partial charge in [-0.1, -0.05) is 0 Å². The number of halogens is 2. The van der Waals surface area contributed by atoms with E-state index in [9.17, 15) is 14.0 Å². The van der Waals surface area contributed by atoms with Crippen molar-refractivity contribution in [2.45, 2.75) is 12.8 Å². The van der Waals surface area contributed by atoms with E-state index < -0.39 is 0 Å². The van der Waals surface area contributed by atoms with Gasteiger partial charge in [-0.05, 0) is 53.0 Å². The number of carbonyl (C=O) groups is 2. The van der Waals surface area contributed by atoms with E-state index in [-0.39, 0.29) is 23.5 Å². The fourth-order valence-corrected chi connectivity index (χ4v) is 3.94. The van der Waals surface area contributed by atoms with Crippen LogP contribution in [0.3, 0.4) is 0 Å². The summed E-state index contributed by atoms with van der Waals surface area (Å²) in [6.45, 7) is 1.94. The number of amides is 2. The molecular formula is C21H20BrFN2O4. The molecule has 1 saturated heterocycles. The number of nitrogens with one attached hydrogen (secondary N) is 1. The summed E-state index contributed by atoms with van der Waals surface area (Å²) < 4.78 is 24.9. The molecule has 0 atom stereocenters. The molecule has 0 aliphatic carbocycles. The van der Waals surface area contributed by atoms with Gasteiger partial charge in [-0.3, -0.25) is 9.59 Å². The lowest BCUT2D eigenvalue weighted by Gasteiger charge is -2.31. The van der Waals surface area contributed by atoms with Crippen molar-refractivity contribution in [2.24, 2.45) is 5.92 Å². The molecule has 0 saturated carbocycles. The summed E-state index contributed by atoms with van der Waals surface area (Å²) in [5, 5.41) is 2.95. The van der Waals surface area contributed by atoms with Crippen LogP contribution >= 0.6 is 15.9 Å². The van der Waals surface area contributed by atoms with Gasteiger partial charge in [-0.25, -0.2) is 4.39 Å². The molecule has 1 N–H and O–H groups in total. The van der Waals surface area contributed by atoms with E-state index in [4.69, 9.17) is 9.47 Å². The monoisotopic (exact) mass is 462 g/mol. The van der Waals surface area contributed by atoms with Gasteiger partial charge in [0.2, 0.25) is 5.91 Å². The number of piperidine rings is 1. The van der Waals surface area contributed by atoms with E-state index in [2.05, 4.69) is 21.2 Å². The highest BCUT2D eigenvalue weighted by atomic mass is 79.9.